The third kappa shape index (κ3) is 4.86. The summed E-state index contributed by atoms with van der Waals surface area (Å²) in [4.78, 5) is 12.6. The lowest BCUT2D eigenvalue weighted by atomic mass is 10.1. The van der Waals surface area contributed by atoms with Crippen molar-refractivity contribution in [1.29, 1.82) is 5.26 Å². The Labute approximate surface area is 169 Å². The average Bonchev–Trinajstić information content (AvgIpc) is 2.64. The molecule has 2 aromatic heterocycles. The number of aryl methyl sites for hydroxylation is 3. The van der Waals surface area contributed by atoms with Gasteiger partial charge in [0.25, 0.3) is 5.88 Å². The van der Waals surface area contributed by atoms with Crippen LogP contribution in [0.25, 0.3) is 11.3 Å². The van der Waals surface area contributed by atoms with E-state index in [-0.39, 0.29) is 11.7 Å². The van der Waals surface area contributed by atoms with Gasteiger partial charge >= 0.3 is 0 Å². The molecule has 0 saturated heterocycles. The van der Waals surface area contributed by atoms with Gasteiger partial charge in [0.1, 0.15) is 11.8 Å². The maximum absolute atomic E-state index is 11.7. The topological polar surface area (TPSA) is 118 Å². The summed E-state index contributed by atoms with van der Waals surface area (Å²) in [5.41, 5.74) is 4.17. The van der Waals surface area contributed by atoms with Crippen molar-refractivity contribution in [3.8, 4) is 29.0 Å². The first-order valence-electron chi connectivity index (χ1n) is 8.62. The first-order chi connectivity index (χ1) is 13.7. The number of ether oxygens (including phenoxy) is 1. The second kappa shape index (κ2) is 7.85. The molecule has 29 heavy (non-hydrogen) atoms. The Balaban J connectivity index is 2.12. The SMILES string of the molecule is Cc1cc(C)c(Oc2nc(-c3cncc(C#N)c3)cnc2NS(C)(=O)=O)c(C)c1. The first kappa shape index (κ1) is 20.2. The molecule has 8 nitrogen and oxygen atoms in total. The van der Waals surface area contributed by atoms with Crippen LogP contribution in [-0.4, -0.2) is 29.6 Å². The van der Waals surface area contributed by atoms with E-state index in [0.717, 1.165) is 22.9 Å². The molecule has 0 aliphatic carbocycles. The maximum Gasteiger partial charge on any atom is 0.264 e. The van der Waals surface area contributed by atoms with E-state index in [4.69, 9.17) is 10.00 Å². The van der Waals surface area contributed by atoms with E-state index in [1.54, 1.807) is 12.3 Å². The van der Waals surface area contributed by atoms with Gasteiger partial charge < -0.3 is 4.74 Å². The number of nitriles is 1. The molecule has 1 aromatic carbocycles. The lowest BCUT2D eigenvalue weighted by Crippen LogP contribution is -2.13. The lowest BCUT2D eigenvalue weighted by molar-refractivity contribution is 0.456. The Morgan fingerprint density at radius 1 is 1.07 bits per heavy atom. The van der Waals surface area contributed by atoms with Crippen LogP contribution in [0.3, 0.4) is 0 Å². The van der Waals surface area contributed by atoms with Crippen LogP contribution in [0.5, 0.6) is 11.6 Å². The number of sulfonamides is 1. The first-order valence-corrected chi connectivity index (χ1v) is 10.5. The number of benzene rings is 1. The molecule has 3 aromatic rings. The van der Waals surface area contributed by atoms with E-state index < -0.39 is 10.0 Å². The van der Waals surface area contributed by atoms with Crippen LogP contribution in [0, 0.1) is 32.1 Å². The molecular formula is C20H19N5O3S. The zero-order valence-corrected chi connectivity index (χ0v) is 17.2. The minimum atomic E-state index is -3.59. The van der Waals surface area contributed by atoms with Crippen molar-refractivity contribution in [3.05, 3.63) is 59.0 Å². The Hall–Kier alpha value is -3.51. The van der Waals surface area contributed by atoms with E-state index in [9.17, 15) is 8.42 Å². The average molecular weight is 409 g/mol. The number of nitrogens with zero attached hydrogens (tertiary/aromatic N) is 4. The quantitative estimate of drug-likeness (QED) is 0.685. The van der Waals surface area contributed by atoms with Gasteiger partial charge in [-0.15, -0.1) is 0 Å². The number of pyridine rings is 1. The van der Waals surface area contributed by atoms with Crippen molar-refractivity contribution in [2.24, 2.45) is 0 Å². The molecule has 2 heterocycles. The van der Waals surface area contributed by atoms with Crippen molar-refractivity contribution in [1.82, 2.24) is 15.0 Å². The third-order valence-electron chi connectivity index (χ3n) is 3.99. The number of rotatable bonds is 5. The molecule has 0 aliphatic heterocycles. The Bertz CT molecular complexity index is 1210. The Morgan fingerprint density at radius 2 is 1.76 bits per heavy atom. The third-order valence-corrected chi connectivity index (χ3v) is 4.55. The molecule has 0 amide bonds. The van der Waals surface area contributed by atoms with Gasteiger partial charge in [0.15, 0.2) is 0 Å². The summed E-state index contributed by atoms with van der Waals surface area (Å²) in [6, 6.07) is 7.56. The van der Waals surface area contributed by atoms with Crippen molar-refractivity contribution >= 4 is 15.8 Å². The molecule has 0 atom stereocenters. The number of nitrogens with one attached hydrogen (secondary N) is 1. The van der Waals surface area contributed by atoms with Gasteiger partial charge in [-0.25, -0.2) is 18.4 Å². The largest absolute Gasteiger partial charge is 0.435 e. The predicted molar refractivity (Wildman–Crippen MR) is 109 cm³/mol. The number of hydrogen-bond acceptors (Lipinski definition) is 7. The fraction of sp³-hybridized carbons (Fsp3) is 0.200. The van der Waals surface area contributed by atoms with Crippen LogP contribution in [-0.2, 0) is 10.0 Å². The molecule has 0 saturated carbocycles. The smallest absolute Gasteiger partial charge is 0.264 e. The number of aromatic nitrogens is 3. The van der Waals surface area contributed by atoms with Gasteiger partial charge in [-0.2, -0.15) is 5.26 Å². The molecule has 9 heteroatoms. The van der Waals surface area contributed by atoms with E-state index in [2.05, 4.69) is 19.7 Å². The van der Waals surface area contributed by atoms with Gasteiger partial charge in [-0.3, -0.25) is 9.71 Å². The van der Waals surface area contributed by atoms with Crippen molar-refractivity contribution in [3.63, 3.8) is 0 Å². The molecule has 0 radical (unpaired) electrons. The highest BCUT2D eigenvalue weighted by Gasteiger charge is 2.17. The highest BCUT2D eigenvalue weighted by molar-refractivity contribution is 7.92. The second-order valence-corrected chi connectivity index (χ2v) is 8.44. The minimum absolute atomic E-state index is 0.00494. The monoisotopic (exact) mass is 409 g/mol. The van der Waals surface area contributed by atoms with E-state index in [1.807, 2.05) is 39.0 Å². The summed E-state index contributed by atoms with van der Waals surface area (Å²) < 4.78 is 31.8. The number of hydrogen-bond donors (Lipinski definition) is 1. The summed E-state index contributed by atoms with van der Waals surface area (Å²) in [6.45, 7) is 5.78. The highest BCUT2D eigenvalue weighted by Crippen LogP contribution is 2.33. The van der Waals surface area contributed by atoms with Gasteiger partial charge in [0.2, 0.25) is 15.8 Å². The van der Waals surface area contributed by atoms with Gasteiger partial charge in [0, 0.05) is 18.0 Å². The van der Waals surface area contributed by atoms with Crippen LogP contribution < -0.4 is 9.46 Å². The van der Waals surface area contributed by atoms with Crippen molar-refractivity contribution in [2.45, 2.75) is 20.8 Å². The minimum Gasteiger partial charge on any atom is -0.435 e. The van der Waals surface area contributed by atoms with E-state index >= 15 is 0 Å². The van der Waals surface area contributed by atoms with Crippen LogP contribution in [0.2, 0.25) is 0 Å². The molecular weight excluding hydrogens is 390 g/mol. The molecule has 3 rings (SSSR count). The molecule has 0 fully saturated rings. The summed E-state index contributed by atoms with van der Waals surface area (Å²) in [6.07, 6.45) is 5.40. The summed E-state index contributed by atoms with van der Waals surface area (Å²) in [7, 11) is -3.59. The molecule has 0 unspecified atom stereocenters. The maximum atomic E-state index is 11.7. The van der Waals surface area contributed by atoms with Gasteiger partial charge in [0.05, 0.1) is 23.7 Å². The van der Waals surface area contributed by atoms with Crippen LogP contribution in [0.1, 0.15) is 22.3 Å². The standard InChI is InChI=1S/C20H19N5O3S/c1-12-5-13(2)18(14(3)6-12)28-20-19(25-29(4,26)27)23-11-17(24-20)16-7-15(8-21)9-22-10-16/h5-7,9-11H,1-4H3,(H,23,25). The van der Waals surface area contributed by atoms with Gasteiger partial charge in [-0.1, -0.05) is 17.7 Å². The van der Waals surface area contributed by atoms with Crippen LogP contribution in [0.15, 0.2) is 36.8 Å². The zero-order chi connectivity index (χ0) is 21.2. The summed E-state index contributed by atoms with van der Waals surface area (Å²) in [5, 5.41) is 9.09. The fourth-order valence-electron chi connectivity index (χ4n) is 2.89. The predicted octanol–water partition coefficient (Wildman–Crippen LogP) is 3.50. The van der Waals surface area contributed by atoms with Gasteiger partial charge in [-0.05, 0) is 38.0 Å². The van der Waals surface area contributed by atoms with Crippen LogP contribution >= 0.6 is 0 Å². The Kier molecular flexibility index (Phi) is 5.48. The van der Waals surface area contributed by atoms with Crippen molar-refractivity contribution < 1.29 is 13.2 Å². The van der Waals surface area contributed by atoms with Crippen LogP contribution in [0.4, 0.5) is 5.82 Å². The molecule has 0 spiro atoms. The fourth-order valence-corrected chi connectivity index (χ4v) is 3.38. The zero-order valence-electron chi connectivity index (χ0n) is 16.4. The highest BCUT2D eigenvalue weighted by atomic mass is 32.2. The van der Waals surface area contributed by atoms with Crippen molar-refractivity contribution in [2.75, 3.05) is 11.0 Å². The number of anilines is 1. The van der Waals surface area contributed by atoms with E-state index in [0.29, 0.717) is 22.6 Å². The summed E-state index contributed by atoms with van der Waals surface area (Å²) in [5.74, 6) is 0.549. The summed E-state index contributed by atoms with van der Waals surface area (Å²) >= 11 is 0. The van der Waals surface area contributed by atoms with E-state index in [1.165, 1.54) is 12.4 Å². The second-order valence-electron chi connectivity index (χ2n) is 6.69. The molecule has 148 valence electrons. The normalized spacial score (nSPS) is 11.0. The lowest BCUT2D eigenvalue weighted by Gasteiger charge is -2.15. The molecule has 0 aliphatic rings. The Morgan fingerprint density at radius 3 is 2.38 bits per heavy atom. The molecule has 1 N–H and O–H groups in total. The molecule has 0 bridgehead atoms.